The summed E-state index contributed by atoms with van der Waals surface area (Å²) >= 11 is 0. The first kappa shape index (κ1) is 39.6. The number of fused-ring (bicyclic) bond motifs is 2. The highest BCUT2D eigenvalue weighted by Gasteiger charge is 2.29. The van der Waals surface area contributed by atoms with Gasteiger partial charge in [-0.05, 0) is 67.7 Å². The summed E-state index contributed by atoms with van der Waals surface area (Å²) in [5, 5.41) is 19.0. The average molecular weight is 828 g/mol. The van der Waals surface area contributed by atoms with Crippen LogP contribution in [-0.2, 0) is 30.3 Å². The summed E-state index contributed by atoms with van der Waals surface area (Å²) in [5.74, 6) is -0.642. The van der Waals surface area contributed by atoms with E-state index in [0.29, 0.717) is 57.9 Å². The minimum Gasteiger partial charge on any atom is -0.345 e. The Morgan fingerprint density at radius 2 is 1.67 bits per heavy atom. The van der Waals surface area contributed by atoms with Crippen molar-refractivity contribution in [3.8, 4) is 22.5 Å². The summed E-state index contributed by atoms with van der Waals surface area (Å²) in [4.78, 5) is 49.2. The lowest BCUT2D eigenvalue weighted by Gasteiger charge is -2.32. The molecule has 2 aliphatic rings. The Balaban J connectivity index is 0.836. The quantitative estimate of drug-likeness (QED) is 0.161. The van der Waals surface area contributed by atoms with Crippen LogP contribution in [0.4, 0.5) is 19.4 Å². The second-order valence-corrected chi connectivity index (χ2v) is 16.6. The number of amides is 4. The molecule has 61 heavy (non-hydrogen) atoms. The van der Waals surface area contributed by atoms with Gasteiger partial charge in [0.25, 0.3) is 11.7 Å². The van der Waals surface area contributed by atoms with Crippen LogP contribution < -0.4 is 15.5 Å². The highest BCUT2D eigenvalue weighted by molar-refractivity contribution is 6.08. The molecule has 0 unspecified atom stereocenters. The third-order valence-corrected chi connectivity index (χ3v) is 11.4. The Morgan fingerprint density at radius 1 is 0.918 bits per heavy atom. The van der Waals surface area contributed by atoms with Gasteiger partial charge in [-0.15, -0.1) is 0 Å². The van der Waals surface area contributed by atoms with Crippen LogP contribution in [0.1, 0.15) is 79.2 Å². The molecule has 2 saturated heterocycles. The summed E-state index contributed by atoms with van der Waals surface area (Å²) in [7, 11) is 1.85. The van der Waals surface area contributed by atoms with Crippen molar-refractivity contribution in [1.29, 1.82) is 0 Å². The standard InChI is InChI=1S/C44H43F2N11O4/c1-44(2,3)42-50-39(53-61-42)41(59)48-23-29-7-6-28(20-32(29)45)35-11-15-47-37-22-34(51-57(35)37)27-5-8-30(33(46)19-27)24-55-16-12-25(13-17-55)26-9-10-31-36(21-26)54(4)52-40(31)56-18-14-38(58)49-43(56)60/h5-11,15,19-22,25H,12-14,16-18,23-24H2,1-4H3,(H,48,59)(H,49,58,60). The molecule has 4 aromatic heterocycles. The fourth-order valence-electron chi connectivity index (χ4n) is 7.95. The van der Waals surface area contributed by atoms with Crippen molar-refractivity contribution in [3.63, 3.8) is 0 Å². The van der Waals surface area contributed by atoms with Crippen LogP contribution in [0.2, 0.25) is 0 Å². The number of carbonyl (C=O) groups excluding carboxylic acids is 3. The zero-order chi connectivity index (χ0) is 42.6. The molecule has 9 rings (SSSR count). The number of nitrogens with one attached hydrogen (secondary N) is 2. The molecule has 2 fully saturated rings. The number of likely N-dealkylation sites (tertiary alicyclic amines) is 1. The Hall–Kier alpha value is -6.88. The summed E-state index contributed by atoms with van der Waals surface area (Å²) in [6.45, 7) is 7.96. The number of anilines is 1. The van der Waals surface area contributed by atoms with E-state index < -0.39 is 23.2 Å². The van der Waals surface area contributed by atoms with Gasteiger partial charge in [-0.2, -0.15) is 15.2 Å². The normalized spacial score (nSPS) is 15.5. The first-order valence-corrected chi connectivity index (χ1v) is 20.1. The van der Waals surface area contributed by atoms with E-state index in [1.807, 2.05) is 40.0 Å². The third kappa shape index (κ3) is 7.83. The molecule has 17 heteroatoms. The van der Waals surface area contributed by atoms with Crippen molar-refractivity contribution in [1.82, 2.24) is 50.1 Å². The predicted molar refractivity (Wildman–Crippen MR) is 221 cm³/mol. The molecule has 0 saturated carbocycles. The number of piperidine rings is 1. The van der Waals surface area contributed by atoms with Crippen molar-refractivity contribution >= 4 is 40.2 Å². The first-order chi connectivity index (χ1) is 29.3. The van der Waals surface area contributed by atoms with Crippen molar-refractivity contribution in [2.75, 3.05) is 24.5 Å². The third-order valence-electron chi connectivity index (χ3n) is 11.4. The monoisotopic (exact) mass is 827 g/mol. The Kier molecular flexibility index (Phi) is 10.1. The van der Waals surface area contributed by atoms with E-state index in [4.69, 9.17) is 9.62 Å². The number of hydrogen-bond acceptors (Lipinski definition) is 10. The maximum absolute atomic E-state index is 15.7. The molecule has 0 spiro atoms. The van der Waals surface area contributed by atoms with Gasteiger partial charge in [-0.3, -0.25) is 29.4 Å². The molecule has 6 heterocycles. The number of imide groups is 1. The largest absolute Gasteiger partial charge is 0.345 e. The Bertz CT molecular complexity index is 2850. The summed E-state index contributed by atoms with van der Waals surface area (Å²) in [5.41, 5.74) is 5.32. The lowest BCUT2D eigenvalue weighted by Crippen LogP contribution is -2.49. The summed E-state index contributed by atoms with van der Waals surface area (Å²) in [6.07, 6.45) is 3.66. The van der Waals surface area contributed by atoms with Crippen LogP contribution in [-0.4, -0.2) is 76.9 Å². The number of hydrogen-bond donors (Lipinski definition) is 2. The number of aryl methyl sites for hydroxylation is 1. The Labute approximate surface area is 348 Å². The molecule has 0 aliphatic carbocycles. The molecular formula is C44H43F2N11O4. The molecule has 15 nitrogen and oxygen atoms in total. The highest BCUT2D eigenvalue weighted by atomic mass is 19.1. The molecule has 0 radical (unpaired) electrons. The number of halogens is 2. The van der Waals surface area contributed by atoms with E-state index in [2.05, 4.69) is 47.9 Å². The van der Waals surface area contributed by atoms with Gasteiger partial charge in [0.15, 0.2) is 11.5 Å². The van der Waals surface area contributed by atoms with Gasteiger partial charge in [-0.1, -0.05) is 56.3 Å². The van der Waals surface area contributed by atoms with Gasteiger partial charge >= 0.3 is 6.03 Å². The zero-order valence-electron chi connectivity index (χ0n) is 34.1. The lowest BCUT2D eigenvalue weighted by atomic mass is 9.88. The van der Waals surface area contributed by atoms with Crippen molar-refractivity contribution in [2.45, 2.75) is 64.5 Å². The zero-order valence-corrected chi connectivity index (χ0v) is 34.1. The van der Waals surface area contributed by atoms with Crippen molar-refractivity contribution < 1.29 is 27.7 Å². The number of benzene rings is 3. The summed E-state index contributed by atoms with van der Waals surface area (Å²) in [6, 6.07) is 19.1. The van der Waals surface area contributed by atoms with E-state index in [1.165, 1.54) is 22.6 Å². The molecule has 4 amide bonds. The topological polar surface area (TPSA) is 169 Å². The molecular weight excluding hydrogens is 785 g/mol. The van der Waals surface area contributed by atoms with E-state index in [0.717, 1.165) is 36.8 Å². The minimum absolute atomic E-state index is 0.0817. The Morgan fingerprint density at radius 3 is 2.41 bits per heavy atom. The maximum Gasteiger partial charge on any atom is 0.329 e. The van der Waals surface area contributed by atoms with Crippen molar-refractivity contribution in [3.05, 3.63) is 113 Å². The molecule has 2 N–H and O–H groups in total. The predicted octanol–water partition coefficient (Wildman–Crippen LogP) is 6.66. The molecule has 7 aromatic rings. The molecule has 0 bridgehead atoms. The second-order valence-electron chi connectivity index (χ2n) is 16.6. The second kappa shape index (κ2) is 15.6. The molecule has 2 aliphatic heterocycles. The number of rotatable bonds is 9. The highest BCUT2D eigenvalue weighted by Crippen LogP contribution is 2.35. The van der Waals surface area contributed by atoms with Crippen LogP contribution in [0.25, 0.3) is 39.1 Å². The molecule has 3 aromatic carbocycles. The van der Waals surface area contributed by atoms with Gasteiger partial charge in [-0.25, -0.2) is 23.1 Å². The van der Waals surface area contributed by atoms with E-state index in [1.54, 1.807) is 45.7 Å². The fraction of sp³-hybridized carbons (Fsp3) is 0.318. The van der Waals surface area contributed by atoms with Gasteiger partial charge in [0.05, 0.1) is 16.9 Å². The first-order valence-electron chi connectivity index (χ1n) is 20.1. The SMILES string of the molecule is Cn1nc(N2CCC(=O)NC2=O)c2ccc(C3CCN(Cc4ccc(-c5cc6nccc(-c7ccc(CNC(=O)c8noc(C(C)(C)C)n8)c(F)c7)n6n5)cc4F)CC3)cc21. The number of aromatic nitrogens is 7. The van der Waals surface area contributed by atoms with Crippen LogP contribution >= 0.6 is 0 Å². The van der Waals surface area contributed by atoms with Gasteiger partial charge in [0, 0.05) is 78.4 Å². The summed E-state index contributed by atoms with van der Waals surface area (Å²) < 4.78 is 39.7. The fourth-order valence-corrected chi connectivity index (χ4v) is 7.95. The van der Waals surface area contributed by atoms with Crippen LogP contribution in [0, 0.1) is 11.6 Å². The lowest BCUT2D eigenvalue weighted by molar-refractivity contribution is -0.120. The van der Waals surface area contributed by atoms with Crippen LogP contribution in [0.3, 0.4) is 0 Å². The average Bonchev–Trinajstić information content (AvgIpc) is 3.99. The van der Waals surface area contributed by atoms with E-state index in [-0.39, 0.29) is 42.6 Å². The van der Waals surface area contributed by atoms with E-state index >= 15 is 8.78 Å². The van der Waals surface area contributed by atoms with E-state index in [9.17, 15) is 14.4 Å². The van der Waals surface area contributed by atoms with Gasteiger partial charge in [0.2, 0.25) is 11.8 Å². The van der Waals surface area contributed by atoms with Crippen molar-refractivity contribution in [2.24, 2.45) is 7.05 Å². The smallest absolute Gasteiger partial charge is 0.329 e. The minimum atomic E-state index is -0.576. The van der Waals surface area contributed by atoms with Crippen LogP contribution in [0.5, 0.6) is 0 Å². The number of urea groups is 1. The molecule has 312 valence electrons. The maximum atomic E-state index is 15.7. The number of nitrogens with zero attached hydrogens (tertiary/aromatic N) is 9. The molecule has 0 atom stereocenters. The van der Waals surface area contributed by atoms with Gasteiger partial charge < -0.3 is 9.84 Å². The van der Waals surface area contributed by atoms with Gasteiger partial charge in [0.1, 0.15) is 11.6 Å². The van der Waals surface area contributed by atoms with Crippen LogP contribution in [0.15, 0.2) is 77.4 Å². The number of carbonyl (C=O) groups is 3.